The van der Waals surface area contributed by atoms with Gasteiger partial charge in [-0.25, -0.2) is 0 Å². The van der Waals surface area contributed by atoms with Crippen molar-refractivity contribution in [3.05, 3.63) is 11.1 Å². The van der Waals surface area contributed by atoms with Gasteiger partial charge in [0.15, 0.2) is 0 Å². The van der Waals surface area contributed by atoms with Gasteiger partial charge in [-0.15, -0.1) is 0 Å². The zero-order valence-electron chi connectivity index (χ0n) is 8.64. The SMILES string of the molecule is CC(=CCl)CNC(C)C(=O)NC1CC1. The van der Waals surface area contributed by atoms with Crippen molar-refractivity contribution in [2.45, 2.75) is 38.8 Å². The Kier molecular flexibility index (Phi) is 4.42. The maximum Gasteiger partial charge on any atom is 0.237 e. The fraction of sp³-hybridized carbons (Fsp3) is 0.700. The molecule has 1 rings (SSSR count). The summed E-state index contributed by atoms with van der Waals surface area (Å²) in [6.07, 6.45) is 2.25. The topological polar surface area (TPSA) is 41.1 Å². The molecule has 0 aromatic rings. The lowest BCUT2D eigenvalue weighted by Crippen LogP contribution is -2.43. The summed E-state index contributed by atoms with van der Waals surface area (Å²) in [4.78, 5) is 11.5. The van der Waals surface area contributed by atoms with Crippen molar-refractivity contribution in [1.29, 1.82) is 0 Å². The number of amides is 1. The Hall–Kier alpha value is -0.540. The van der Waals surface area contributed by atoms with Crippen LogP contribution in [0.5, 0.6) is 0 Å². The molecule has 0 radical (unpaired) electrons. The summed E-state index contributed by atoms with van der Waals surface area (Å²) in [5, 5.41) is 6.04. The van der Waals surface area contributed by atoms with Crippen LogP contribution in [0.1, 0.15) is 26.7 Å². The lowest BCUT2D eigenvalue weighted by molar-refractivity contribution is -0.122. The van der Waals surface area contributed by atoms with Crippen LogP contribution in [0.2, 0.25) is 0 Å². The normalized spacial score (nSPS) is 19.2. The van der Waals surface area contributed by atoms with Crippen molar-refractivity contribution in [3.63, 3.8) is 0 Å². The van der Waals surface area contributed by atoms with Crippen LogP contribution < -0.4 is 10.6 Å². The minimum atomic E-state index is -0.151. The van der Waals surface area contributed by atoms with Gasteiger partial charge in [0.25, 0.3) is 0 Å². The number of hydrogen-bond donors (Lipinski definition) is 2. The molecule has 0 bridgehead atoms. The number of halogens is 1. The maximum atomic E-state index is 11.5. The fourth-order valence-electron chi connectivity index (χ4n) is 0.999. The molecule has 0 aliphatic heterocycles. The summed E-state index contributed by atoms with van der Waals surface area (Å²) in [5.74, 6) is 0.0786. The number of rotatable bonds is 5. The monoisotopic (exact) mass is 216 g/mol. The van der Waals surface area contributed by atoms with E-state index < -0.39 is 0 Å². The van der Waals surface area contributed by atoms with E-state index >= 15 is 0 Å². The summed E-state index contributed by atoms with van der Waals surface area (Å²) in [7, 11) is 0. The fourth-order valence-corrected chi connectivity index (χ4v) is 1.08. The number of carbonyl (C=O) groups excluding carboxylic acids is 1. The van der Waals surface area contributed by atoms with E-state index in [1.54, 1.807) is 0 Å². The molecule has 2 N–H and O–H groups in total. The zero-order valence-corrected chi connectivity index (χ0v) is 9.40. The van der Waals surface area contributed by atoms with Crippen molar-refractivity contribution in [2.24, 2.45) is 0 Å². The second kappa shape index (κ2) is 5.37. The van der Waals surface area contributed by atoms with E-state index in [2.05, 4.69) is 10.6 Å². The van der Waals surface area contributed by atoms with Gasteiger partial charge in [0, 0.05) is 18.1 Å². The van der Waals surface area contributed by atoms with Crippen molar-refractivity contribution >= 4 is 17.5 Å². The Morgan fingerprint density at radius 3 is 2.79 bits per heavy atom. The minimum Gasteiger partial charge on any atom is -0.352 e. The van der Waals surface area contributed by atoms with Crippen LogP contribution in [0.4, 0.5) is 0 Å². The van der Waals surface area contributed by atoms with Gasteiger partial charge < -0.3 is 10.6 Å². The Balaban J connectivity index is 2.18. The quantitative estimate of drug-likeness (QED) is 0.729. The second-order valence-electron chi connectivity index (χ2n) is 3.84. The first-order valence-electron chi connectivity index (χ1n) is 4.93. The second-order valence-corrected chi connectivity index (χ2v) is 4.06. The van der Waals surface area contributed by atoms with Crippen molar-refractivity contribution in [3.8, 4) is 0 Å². The van der Waals surface area contributed by atoms with E-state index in [-0.39, 0.29) is 11.9 Å². The molecule has 80 valence electrons. The van der Waals surface area contributed by atoms with Crippen molar-refractivity contribution in [2.75, 3.05) is 6.54 Å². The van der Waals surface area contributed by atoms with Gasteiger partial charge in [0.1, 0.15) is 0 Å². The highest BCUT2D eigenvalue weighted by Gasteiger charge is 2.25. The third-order valence-electron chi connectivity index (χ3n) is 2.19. The standard InChI is InChI=1S/C10H17ClN2O/c1-7(5-11)6-12-8(2)10(14)13-9-3-4-9/h5,8-9,12H,3-4,6H2,1-2H3,(H,13,14). The van der Waals surface area contributed by atoms with Crippen LogP contribution in [-0.4, -0.2) is 24.5 Å². The molecule has 1 aliphatic carbocycles. The third-order valence-corrected chi connectivity index (χ3v) is 2.56. The van der Waals surface area contributed by atoms with Crippen molar-refractivity contribution in [1.82, 2.24) is 10.6 Å². The molecule has 0 aromatic carbocycles. The molecule has 1 fully saturated rings. The molecule has 0 aromatic heterocycles. The highest BCUT2D eigenvalue weighted by Crippen LogP contribution is 2.18. The Morgan fingerprint density at radius 2 is 2.29 bits per heavy atom. The van der Waals surface area contributed by atoms with E-state index in [0.29, 0.717) is 12.6 Å². The number of hydrogen-bond acceptors (Lipinski definition) is 2. The van der Waals surface area contributed by atoms with Crippen LogP contribution in [0.15, 0.2) is 11.1 Å². The predicted molar refractivity (Wildman–Crippen MR) is 58.2 cm³/mol. The molecule has 0 spiro atoms. The molecule has 14 heavy (non-hydrogen) atoms. The molecule has 1 amide bonds. The van der Waals surface area contributed by atoms with E-state index in [9.17, 15) is 4.79 Å². The largest absolute Gasteiger partial charge is 0.352 e. The van der Waals surface area contributed by atoms with E-state index in [0.717, 1.165) is 18.4 Å². The van der Waals surface area contributed by atoms with Gasteiger partial charge in [-0.05, 0) is 32.3 Å². The molecule has 1 saturated carbocycles. The molecule has 1 aliphatic rings. The first-order valence-corrected chi connectivity index (χ1v) is 5.36. The van der Waals surface area contributed by atoms with Gasteiger partial charge in [-0.1, -0.05) is 11.6 Å². The van der Waals surface area contributed by atoms with Gasteiger partial charge >= 0.3 is 0 Å². The molecule has 0 heterocycles. The highest BCUT2D eigenvalue weighted by molar-refractivity contribution is 6.25. The summed E-state index contributed by atoms with van der Waals surface area (Å²) < 4.78 is 0. The van der Waals surface area contributed by atoms with E-state index in [1.165, 1.54) is 5.54 Å². The lowest BCUT2D eigenvalue weighted by atomic mass is 10.2. The summed E-state index contributed by atoms with van der Waals surface area (Å²) >= 11 is 5.51. The molecule has 3 nitrogen and oxygen atoms in total. The Bertz CT molecular complexity index is 236. The van der Waals surface area contributed by atoms with Crippen molar-refractivity contribution < 1.29 is 4.79 Å². The predicted octanol–water partition coefficient (Wildman–Crippen LogP) is 1.39. The Morgan fingerprint density at radius 1 is 1.64 bits per heavy atom. The van der Waals surface area contributed by atoms with Gasteiger partial charge in [0.2, 0.25) is 5.91 Å². The van der Waals surface area contributed by atoms with Gasteiger partial charge in [-0.2, -0.15) is 0 Å². The average molecular weight is 217 g/mol. The average Bonchev–Trinajstić information content (AvgIpc) is 2.97. The number of nitrogens with one attached hydrogen (secondary N) is 2. The van der Waals surface area contributed by atoms with Gasteiger partial charge in [0.05, 0.1) is 6.04 Å². The molecule has 4 heteroatoms. The molecular weight excluding hydrogens is 200 g/mol. The minimum absolute atomic E-state index is 0.0786. The van der Waals surface area contributed by atoms with E-state index in [4.69, 9.17) is 11.6 Å². The lowest BCUT2D eigenvalue weighted by Gasteiger charge is -2.13. The van der Waals surface area contributed by atoms with Crippen LogP contribution in [0.25, 0.3) is 0 Å². The van der Waals surface area contributed by atoms with Crippen LogP contribution in [-0.2, 0) is 4.79 Å². The van der Waals surface area contributed by atoms with E-state index in [1.807, 2.05) is 13.8 Å². The first kappa shape index (κ1) is 11.5. The zero-order chi connectivity index (χ0) is 10.6. The molecule has 0 saturated heterocycles. The van der Waals surface area contributed by atoms with Crippen LogP contribution in [0.3, 0.4) is 0 Å². The maximum absolute atomic E-state index is 11.5. The number of carbonyl (C=O) groups is 1. The third kappa shape index (κ3) is 4.11. The molecule has 1 atom stereocenters. The van der Waals surface area contributed by atoms with Crippen LogP contribution in [0, 0.1) is 0 Å². The summed E-state index contributed by atoms with van der Waals surface area (Å²) in [5.41, 5.74) is 2.55. The van der Waals surface area contributed by atoms with Gasteiger partial charge in [-0.3, -0.25) is 4.79 Å². The molecule has 1 unspecified atom stereocenters. The summed E-state index contributed by atoms with van der Waals surface area (Å²) in [6.45, 7) is 4.44. The first-order chi connectivity index (χ1) is 6.63. The highest BCUT2D eigenvalue weighted by atomic mass is 35.5. The van der Waals surface area contributed by atoms with Crippen LogP contribution >= 0.6 is 11.6 Å². The summed E-state index contributed by atoms with van der Waals surface area (Å²) in [6, 6.07) is 0.276. The Labute approximate surface area is 89.9 Å². The smallest absolute Gasteiger partial charge is 0.237 e. The molecular formula is C10H17ClN2O.